The molecule has 0 unspecified atom stereocenters. The van der Waals surface area contributed by atoms with Crippen molar-refractivity contribution in [1.82, 2.24) is 0 Å². The van der Waals surface area contributed by atoms with Crippen molar-refractivity contribution >= 4 is 41.6 Å². The van der Waals surface area contributed by atoms with Gasteiger partial charge in [0.1, 0.15) is 0 Å². The Hall–Kier alpha value is -4.02. The first-order valence-corrected chi connectivity index (χ1v) is 20.2. The van der Waals surface area contributed by atoms with Crippen LogP contribution in [0.5, 0.6) is 0 Å². The van der Waals surface area contributed by atoms with Crippen LogP contribution in [0, 0.1) is 0 Å². The van der Waals surface area contributed by atoms with Gasteiger partial charge in [0, 0.05) is 21.8 Å². The maximum absolute atomic E-state index is 16.3. The van der Waals surface area contributed by atoms with Gasteiger partial charge in [0.05, 0.1) is 0 Å². The second-order valence-electron chi connectivity index (χ2n) is 12.9. The van der Waals surface area contributed by atoms with Crippen molar-refractivity contribution in [3.05, 3.63) is 186 Å². The minimum Gasteiger partial charge on any atom is -0.309 e. The predicted octanol–water partition coefficient (Wildman–Crippen LogP) is 8.78. The summed E-state index contributed by atoms with van der Waals surface area (Å²) in [7, 11) is -3.95. The summed E-state index contributed by atoms with van der Waals surface area (Å²) in [5, 5.41) is 5.71. The number of benzene rings is 6. The first-order chi connectivity index (χ1) is 23.2. The Morgan fingerprint density at radius 3 is 1.66 bits per heavy atom. The molecule has 0 amide bonds. The Kier molecular flexibility index (Phi) is 8.54. The molecule has 0 saturated carbocycles. The van der Waals surface area contributed by atoms with E-state index in [2.05, 4.69) is 121 Å². The van der Waals surface area contributed by atoms with Gasteiger partial charge in [-0.2, -0.15) is 0 Å². The molecule has 2 atom stereocenters. The van der Waals surface area contributed by atoms with Crippen molar-refractivity contribution in [3.63, 3.8) is 0 Å². The van der Waals surface area contributed by atoms with Gasteiger partial charge in [-0.1, -0.05) is 158 Å². The van der Waals surface area contributed by atoms with Crippen LogP contribution in [-0.4, -0.2) is 5.66 Å². The van der Waals surface area contributed by atoms with Crippen LogP contribution in [0.1, 0.15) is 53.0 Å². The maximum Gasteiger partial charge on any atom is 0.171 e. The average molecular weight is 647 g/mol. The number of hydrogen-bond donors (Lipinski definition) is 0. The highest BCUT2D eigenvalue weighted by Gasteiger charge is 2.43. The van der Waals surface area contributed by atoms with Gasteiger partial charge in [-0.25, -0.2) is 0 Å². The fourth-order valence-corrected chi connectivity index (χ4v) is 14.2. The van der Waals surface area contributed by atoms with E-state index in [0.29, 0.717) is 5.66 Å². The van der Waals surface area contributed by atoms with E-state index in [1.807, 2.05) is 36.4 Å². The molecular weight excluding hydrogens is 606 g/mol. The third-order valence-corrected chi connectivity index (χ3v) is 16.4. The molecule has 0 spiro atoms. The van der Waals surface area contributed by atoms with Crippen LogP contribution in [0.15, 0.2) is 158 Å². The molecule has 2 aliphatic rings. The zero-order valence-electron chi connectivity index (χ0n) is 26.7. The minimum atomic E-state index is -3.23. The lowest BCUT2D eigenvalue weighted by molar-refractivity contribution is 0.590. The quantitative estimate of drug-likeness (QED) is 0.159. The molecule has 0 aromatic heterocycles. The second kappa shape index (κ2) is 13.2. The lowest BCUT2D eigenvalue weighted by Crippen LogP contribution is -2.37. The molecule has 6 aromatic carbocycles. The number of rotatable bonds is 7. The standard InChI is InChI=1S/C44H40OP2/c45-47(37-23-9-3-10-24-37,38-25-11-4-12-26-38)42-32-30-34-18-14-16-28-40(34)44(42)43-39-27-15-13-17-33(39)29-31-41(43)46(35-19-5-1-6-20-35)36-21-7-2-8-22-36/h1-13,15,17,19-27,30,32,41,43H,14,16,18,28-29,31H2/t41-,43+/m1/s1. The fourth-order valence-electron chi connectivity index (χ4n) is 8.25. The molecule has 0 bridgehead atoms. The molecule has 0 saturated heterocycles. The summed E-state index contributed by atoms with van der Waals surface area (Å²) in [6.45, 7) is 0. The average Bonchev–Trinajstić information content (AvgIpc) is 3.16. The molecule has 3 heteroatoms. The van der Waals surface area contributed by atoms with E-state index in [0.717, 1.165) is 41.6 Å². The third-order valence-electron chi connectivity index (χ3n) is 10.3. The van der Waals surface area contributed by atoms with Crippen molar-refractivity contribution in [2.24, 2.45) is 0 Å². The summed E-state index contributed by atoms with van der Waals surface area (Å²) in [6.07, 6.45) is 6.69. The number of aryl methyl sites for hydroxylation is 2. The molecule has 0 fully saturated rings. The largest absolute Gasteiger partial charge is 0.309 e. The molecular formula is C44H40OP2. The second-order valence-corrected chi connectivity index (χ2v) is 18.1. The van der Waals surface area contributed by atoms with E-state index >= 15 is 4.57 Å². The summed E-state index contributed by atoms with van der Waals surface area (Å²) in [6, 6.07) is 56.8. The van der Waals surface area contributed by atoms with Gasteiger partial charge in [-0.3, -0.25) is 0 Å². The zero-order chi connectivity index (χ0) is 31.6. The van der Waals surface area contributed by atoms with Crippen molar-refractivity contribution in [3.8, 4) is 0 Å². The molecule has 0 radical (unpaired) electrons. The van der Waals surface area contributed by atoms with Crippen LogP contribution in [0.4, 0.5) is 0 Å². The van der Waals surface area contributed by atoms with E-state index in [-0.39, 0.29) is 5.92 Å². The molecule has 2 aliphatic carbocycles. The number of fused-ring (bicyclic) bond motifs is 2. The first-order valence-electron chi connectivity index (χ1n) is 17.1. The summed E-state index contributed by atoms with van der Waals surface area (Å²) < 4.78 is 16.3. The van der Waals surface area contributed by atoms with Gasteiger partial charge in [0.25, 0.3) is 0 Å². The summed E-state index contributed by atoms with van der Waals surface area (Å²) in [4.78, 5) is 0. The molecule has 8 rings (SSSR count). The molecule has 0 aliphatic heterocycles. The van der Waals surface area contributed by atoms with Gasteiger partial charge in [0.2, 0.25) is 0 Å². The van der Waals surface area contributed by atoms with Crippen LogP contribution in [0.25, 0.3) is 0 Å². The Bertz CT molecular complexity index is 1940. The monoisotopic (exact) mass is 646 g/mol. The van der Waals surface area contributed by atoms with Crippen LogP contribution in [-0.2, 0) is 23.8 Å². The molecule has 232 valence electrons. The summed E-state index contributed by atoms with van der Waals surface area (Å²) in [5.41, 5.74) is 7.50. The first kappa shape index (κ1) is 30.3. The van der Waals surface area contributed by atoms with Crippen molar-refractivity contribution in [1.29, 1.82) is 0 Å². The Balaban J connectivity index is 1.45. The summed E-state index contributed by atoms with van der Waals surface area (Å²) >= 11 is 0. The van der Waals surface area contributed by atoms with Crippen LogP contribution < -0.4 is 26.5 Å². The predicted molar refractivity (Wildman–Crippen MR) is 202 cm³/mol. The smallest absolute Gasteiger partial charge is 0.171 e. The highest BCUT2D eigenvalue weighted by atomic mass is 31.2. The van der Waals surface area contributed by atoms with E-state index in [4.69, 9.17) is 0 Å². The normalized spacial score (nSPS) is 17.6. The molecule has 0 N–H and O–H groups in total. The minimum absolute atomic E-state index is 0.135. The van der Waals surface area contributed by atoms with Crippen molar-refractivity contribution in [2.75, 3.05) is 0 Å². The third kappa shape index (κ3) is 5.55. The summed E-state index contributed by atoms with van der Waals surface area (Å²) in [5.74, 6) is 0.135. The van der Waals surface area contributed by atoms with E-state index in [1.165, 1.54) is 51.3 Å². The van der Waals surface area contributed by atoms with Crippen molar-refractivity contribution in [2.45, 2.75) is 50.1 Å². The lowest BCUT2D eigenvalue weighted by Gasteiger charge is -2.42. The fraction of sp³-hybridized carbons (Fsp3) is 0.182. The zero-order valence-corrected chi connectivity index (χ0v) is 28.5. The SMILES string of the molecule is O=P(c1ccccc1)(c1ccccc1)c1ccc2c(c1[C@H]1c3ccccc3CC[C@H]1P(c1ccccc1)c1ccccc1)CCCC2. The van der Waals surface area contributed by atoms with Gasteiger partial charge in [0.15, 0.2) is 7.14 Å². The Morgan fingerprint density at radius 2 is 1.04 bits per heavy atom. The van der Waals surface area contributed by atoms with Crippen LogP contribution >= 0.6 is 15.1 Å². The van der Waals surface area contributed by atoms with E-state index in [1.54, 1.807) is 0 Å². The number of hydrogen-bond acceptors (Lipinski definition) is 1. The van der Waals surface area contributed by atoms with Gasteiger partial charge in [-0.15, -0.1) is 0 Å². The molecule has 1 nitrogen and oxygen atoms in total. The van der Waals surface area contributed by atoms with Gasteiger partial charge in [-0.05, 0) is 90.5 Å². The Labute approximate surface area is 280 Å². The molecule has 0 heterocycles. The van der Waals surface area contributed by atoms with E-state index < -0.39 is 15.1 Å². The van der Waals surface area contributed by atoms with Crippen molar-refractivity contribution < 1.29 is 4.57 Å². The van der Waals surface area contributed by atoms with Gasteiger partial charge >= 0.3 is 0 Å². The topological polar surface area (TPSA) is 17.1 Å². The van der Waals surface area contributed by atoms with E-state index in [9.17, 15) is 0 Å². The maximum atomic E-state index is 16.3. The van der Waals surface area contributed by atoms with Crippen LogP contribution in [0.3, 0.4) is 0 Å². The Morgan fingerprint density at radius 1 is 0.511 bits per heavy atom. The molecule has 6 aromatic rings. The highest BCUT2D eigenvalue weighted by molar-refractivity contribution is 7.85. The van der Waals surface area contributed by atoms with Crippen LogP contribution in [0.2, 0.25) is 0 Å². The molecule has 47 heavy (non-hydrogen) atoms. The van der Waals surface area contributed by atoms with Gasteiger partial charge < -0.3 is 4.57 Å². The highest BCUT2D eigenvalue weighted by Crippen LogP contribution is 2.56. The lowest BCUT2D eigenvalue weighted by atomic mass is 9.74.